The van der Waals surface area contributed by atoms with Crippen LogP contribution in [0.15, 0.2) is 53.4 Å². The number of halogens is 1. The zero-order valence-corrected chi connectivity index (χ0v) is 17.2. The summed E-state index contributed by atoms with van der Waals surface area (Å²) in [6.45, 7) is 1.28. The maximum atomic E-state index is 12.9. The van der Waals surface area contributed by atoms with E-state index in [1.165, 1.54) is 62.6 Å². The molecule has 0 aliphatic heterocycles. The summed E-state index contributed by atoms with van der Waals surface area (Å²) < 4.78 is 49.8. The Morgan fingerprint density at radius 3 is 2.20 bits per heavy atom. The number of sulfonamides is 1. The Balaban J connectivity index is 1.73. The van der Waals surface area contributed by atoms with Gasteiger partial charge in [-0.2, -0.15) is 0 Å². The van der Waals surface area contributed by atoms with Gasteiger partial charge in [0.05, 0.1) is 12.0 Å². The summed E-state index contributed by atoms with van der Waals surface area (Å²) in [4.78, 5) is 23.8. The number of rotatable bonds is 9. The van der Waals surface area contributed by atoms with Crippen LogP contribution in [0.25, 0.3) is 0 Å². The van der Waals surface area contributed by atoms with Crippen molar-refractivity contribution in [2.24, 2.45) is 0 Å². The highest BCUT2D eigenvalue weighted by atomic mass is 32.2. The van der Waals surface area contributed by atoms with E-state index in [2.05, 4.69) is 15.6 Å². The molecule has 11 heteroatoms. The van der Waals surface area contributed by atoms with E-state index in [0.29, 0.717) is 11.5 Å². The minimum Gasteiger partial charge on any atom is -0.497 e. The molecule has 0 aromatic heterocycles. The van der Waals surface area contributed by atoms with Gasteiger partial charge in [0.1, 0.15) is 17.3 Å². The molecule has 2 aromatic carbocycles. The number of nitrogens with one attached hydrogen (secondary N) is 3. The topological polar surface area (TPSA) is 123 Å². The van der Waals surface area contributed by atoms with Crippen LogP contribution in [0.3, 0.4) is 0 Å². The van der Waals surface area contributed by atoms with E-state index in [1.54, 1.807) is 0 Å². The summed E-state index contributed by atoms with van der Waals surface area (Å²) in [5.41, 5.74) is 4.35. The second kappa shape index (κ2) is 10.6. The third kappa shape index (κ3) is 7.01. The highest BCUT2D eigenvalue weighted by Crippen LogP contribution is 2.15. The van der Waals surface area contributed by atoms with Crippen molar-refractivity contribution in [2.75, 3.05) is 13.7 Å². The number of hydrazine groups is 1. The normalized spacial score (nSPS) is 12.0. The van der Waals surface area contributed by atoms with Crippen LogP contribution >= 0.6 is 0 Å². The number of carbonyl (C=O) groups excluding carboxylic acids is 2. The van der Waals surface area contributed by atoms with E-state index in [9.17, 15) is 22.4 Å². The molecule has 0 aliphatic rings. The lowest BCUT2D eigenvalue weighted by Crippen LogP contribution is -2.47. The van der Waals surface area contributed by atoms with Gasteiger partial charge in [0, 0.05) is 13.0 Å². The first-order chi connectivity index (χ1) is 14.2. The number of hydrogen-bond acceptors (Lipinski definition) is 6. The SMILES string of the molecule is COc1ccc(S(=O)(=O)NCCC(=O)NNC(=O)C(C)Oc2ccc(F)cc2)cc1. The van der Waals surface area contributed by atoms with E-state index in [4.69, 9.17) is 9.47 Å². The number of ether oxygens (including phenoxy) is 2. The maximum Gasteiger partial charge on any atom is 0.279 e. The van der Waals surface area contributed by atoms with Crippen LogP contribution < -0.4 is 25.0 Å². The minimum atomic E-state index is -3.78. The summed E-state index contributed by atoms with van der Waals surface area (Å²) in [5.74, 6) is -0.865. The van der Waals surface area contributed by atoms with Crippen molar-refractivity contribution in [1.29, 1.82) is 0 Å². The van der Waals surface area contributed by atoms with Gasteiger partial charge in [-0.15, -0.1) is 0 Å². The fraction of sp³-hybridized carbons (Fsp3) is 0.263. The third-order valence-electron chi connectivity index (χ3n) is 3.83. The Labute approximate surface area is 173 Å². The van der Waals surface area contributed by atoms with Gasteiger partial charge in [-0.1, -0.05) is 0 Å². The van der Waals surface area contributed by atoms with Crippen molar-refractivity contribution in [3.8, 4) is 11.5 Å². The Morgan fingerprint density at radius 2 is 1.60 bits per heavy atom. The molecule has 0 saturated heterocycles. The molecule has 0 saturated carbocycles. The third-order valence-corrected chi connectivity index (χ3v) is 5.31. The van der Waals surface area contributed by atoms with Crippen LogP contribution in [0.2, 0.25) is 0 Å². The first-order valence-corrected chi connectivity index (χ1v) is 10.3. The van der Waals surface area contributed by atoms with E-state index >= 15 is 0 Å². The number of amides is 2. The standard InChI is InChI=1S/C19H22FN3O6S/c1-13(29-16-5-3-14(20)4-6-16)19(25)23-22-18(24)11-12-21-30(26,27)17-9-7-15(28-2)8-10-17/h3-10,13,21H,11-12H2,1-2H3,(H,22,24)(H,23,25). The van der Waals surface area contributed by atoms with Crippen LogP contribution in [-0.4, -0.2) is 40.0 Å². The van der Waals surface area contributed by atoms with E-state index in [0.717, 1.165) is 0 Å². The van der Waals surface area contributed by atoms with Gasteiger partial charge in [0.15, 0.2) is 6.10 Å². The lowest BCUT2D eigenvalue weighted by molar-refractivity contribution is -0.132. The molecule has 0 spiro atoms. The van der Waals surface area contributed by atoms with Gasteiger partial charge < -0.3 is 9.47 Å². The van der Waals surface area contributed by atoms with Crippen LogP contribution in [-0.2, 0) is 19.6 Å². The monoisotopic (exact) mass is 439 g/mol. The average molecular weight is 439 g/mol. The first-order valence-electron chi connectivity index (χ1n) is 8.86. The lowest BCUT2D eigenvalue weighted by Gasteiger charge is -2.15. The molecule has 2 rings (SSSR count). The number of carbonyl (C=O) groups is 2. The molecule has 3 N–H and O–H groups in total. The fourth-order valence-electron chi connectivity index (χ4n) is 2.20. The molecule has 0 fully saturated rings. The molecule has 30 heavy (non-hydrogen) atoms. The van der Waals surface area contributed by atoms with Crippen molar-refractivity contribution in [3.05, 3.63) is 54.3 Å². The van der Waals surface area contributed by atoms with Crippen molar-refractivity contribution in [1.82, 2.24) is 15.6 Å². The Kier molecular flexibility index (Phi) is 8.13. The molecular formula is C19H22FN3O6S. The van der Waals surface area contributed by atoms with Crippen LogP contribution in [0.4, 0.5) is 4.39 Å². The summed E-state index contributed by atoms with van der Waals surface area (Å²) in [6.07, 6.45) is -1.16. The zero-order valence-electron chi connectivity index (χ0n) is 16.3. The number of methoxy groups -OCH3 is 1. The van der Waals surface area contributed by atoms with Crippen molar-refractivity contribution in [3.63, 3.8) is 0 Å². The van der Waals surface area contributed by atoms with Gasteiger partial charge in [0.2, 0.25) is 15.9 Å². The summed E-state index contributed by atoms with van der Waals surface area (Å²) in [5, 5.41) is 0. The maximum absolute atomic E-state index is 12.9. The molecular weight excluding hydrogens is 417 g/mol. The first kappa shape index (κ1) is 23.1. The largest absolute Gasteiger partial charge is 0.497 e. The Hall–Kier alpha value is -3.18. The summed E-state index contributed by atoms with van der Waals surface area (Å²) in [6, 6.07) is 10.9. The van der Waals surface area contributed by atoms with Gasteiger partial charge in [-0.25, -0.2) is 17.5 Å². The van der Waals surface area contributed by atoms with Crippen LogP contribution in [0.5, 0.6) is 11.5 Å². The molecule has 0 radical (unpaired) electrons. The molecule has 9 nitrogen and oxygen atoms in total. The zero-order chi connectivity index (χ0) is 22.1. The minimum absolute atomic E-state index is 0.0313. The molecule has 162 valence electrons. The molecule has 0 aliphatic carbocycles. The molecule has 0 bridgehead atoms. The van der Waals surface area contributed by atoms with Gasteiger partial charge in [0.25, 0.3) is 5.91 Å². The van der Waals surface area contributed by atoms with Gasteiger partial charge in [-0.3, -0.25) is 20.4 Å². The Bertz CT molecular complexity index is 965. The Morgan fingerprint density at radius 1 is 1.00 bits per heavy atom. The highest BCUT2D eigenvalue weighted by Gasteiger charge is 2.17. The summed E-state index contributed by atoms with van der Waals surface area (Å²) >= 11 is 0. The van der Waals surface area contributed by atoms with E-state index in [1.807, 2.05) is 0 Å². The molecule has 2 aromatic rings. The van der Waals surface area contributed by atoms with Crippen LogP contribution in [0, 0.1) is 5.82 Å². The molecule has 1 atom stereocenters. The highest BCUT2D eigenvalue weighted by molar-refractivity contribution is 7.89. The number of hydrogen-bond donors (Lipinski definition) is 3. The van der Waals surface area contributed by atoms with Crippen LogP contribution in [0.1, 0.15) is 13.3 Å². The fourth-order valence-corrected chi connectivity index (χ4v) is 3.24. The number of benzene rings is 2. The second-order valence-corrected chi connectivity index (χ2v) is 7.84. The lowest BCUT2D eigenvalue weighted by atomic mass is 10.3. The van der Waals surface area contributed by atoms with Crippen molar-refractivity contribution < 1.29 is 31.9 Å². The van der Waals surface area contributed by atoms with Crippen molar-refractivity contribution >= 4 is 21.8 Å². The predicted molar refractivity (Wildman–Crippen MR) is 106 cm³/mol. The quantitative estimate of drug-likeness (QED) is 0.503. The average Bonchev–Trinajstić information content (AvgIpc) is 2.73. The van der Waals surface area contributed by atoms with Crippen molar-refractivity contribution in [2.45, 2.75) is 24.3 Å². The van der Waals surface area contributed by atoms with E-state index in [-0.39, 0.29) is 17.9 Å². The van der Waals surface area contributed by atoms with E-state index < -0.39 is 33.8 Å². The van der Waals surface area contributed by atoms with Gasteiger partial charge >= 0.3 is 0 Å². The molecule has 0 heterocycles. The molecule has 1 unspecified atom stereocenters. The predicted octanol–water partition coefficient (Wildman–Crippen LogP) is 1.12. The second-order valence-electron chi connectivity index (χ2n) is 6.07. The van der Waals surface area contributed by atoms with Gasteiger partial charge in [-0.05, 0) is 55.5 Å². The summed E-state index contributed by atoms with van der Waals surface area (Å²) in [7, 11) is -2.32. The molecule has 2 amide bonds. The smallest absolute Gasteiger partial charge is 0.279 e.